The lowest BCUT2D eigenvalue weighted by Crippen LogP contribution is -2.18. The Bertz CT molecular complexity index is 778. The van der Waals surface area contributed by atoms with Gasteiger partial charge < -0.3 is 15.8 Å². The van der Waals surface area contributed by atoms with Gasteiger partial charge >= 0.3 is 0 Å². The van der Waals surface area contributed by atoms with Crippen molar-refractivity contribution in [3.05, 3.63) is 40.7 Å². The highest BCUT2D eigenvalue weighted by molar-refractivity contribution is 6.33. The van der Waals surface area contributed by atoms with Crippen LogP contribution in [0.1, 0.15) is 35.8 Å². The van der Waals surface area contributed by atoms with Crippen LogP contribution in [0.15, 0.2) is 24.4 Å². The Hall–Kier alpha value is -2.18. The molecule has 132 valence electrons. The van der Waals surface area contributed by atoms with Gasteiger partial charge in [-0.1, -0.05) is 18.5 Å². The van der Waals surface area contributed by atoms with Crippen LogP contribution in [0.5, 0.6) is 5.75 Å². The third kappa shape index (κ3) is 4.08. The quantitative estimate of drug-likeness (QED) is 0.755. The molecule has 0 unspecified atom stereocenters. The molecule has 3 rings (SSSR count). The second kappa shape index (κ2) is 7.80. The average Bonchev–Trinajstić information content (AvgIpc) is 3.43. The van der Waals surface area contributed by atoms with Crippen LogP contribution in [0.2, 0.25) is 5.02 Å². The van der Waals surface area contributed by atoms with Gasteiger partial charge in [0.2, 0.25) is 0 Å². The van der Waals surface area contributed by atoms with Crippen molar-refractivity contribution in [2.45, 2.75) is 26.3 Å². The molecule has 0 saturated heterocycles. The van der Waals surface area contributed by atoms with E-state index in [0.717, 1.165) is 17.9 Å². The molecule has 7 heteroatoms. The molecule has 0 radical (unpaired) electrons. The molecule has 1 aromatic carbocycles. The number of nitrogens with one attached hydrogen (secondary N) is 1. The minimum Gasteiger partial charge on any atom is -0.493 e. The van der Waals surface area contributed by atoms with E-state index in [1.807, 2.05) is 13.0 Å². The number of ether oxygens (including phenoxy) is 1. The fourth-order valence-electron chi connectivity index (χ4n) is 2.66. The van der Waals surface area contributed by atoms with Crippen molar-refractivity contribution < 1.29 is 9.53 Å². The predicted octanol–water partition coefficient (Wildman–Crippen LogP) is 2.79. The van der Waals surface area contributed by atoms with E-state index in [2.05, 4.69) is 15.5 Å². The summed E-state index contributed by atoms with van der Waals surface area (Å²) in [6.07, 6.45) is 3.94. The summed E-state index contributed by atoms with van der Waals surface area (Å²) in [7, 11) is 0. The van der Waals surface area contributed by atoms with E-state index < -0.39 is 5.91 Å². The van der Waals surface area contributed by atoms with Gasteiger partial charge in [0, 0.05) is 28.3 Å². The Morgan fingerprint density at radius 2 is 2.20 bits per heavy atom. The maximum Gasteiger partial charge on any atom is 0.269 e. The molecule has 1 aliphatic rings. The first kappa shape index (κ1) is 17.6. The van der Waals surface area contributed by atoms with Crippen LogP contribution in [0, 0.1) is 5.92 Å². The van der Waals surface area contributed by atoms with Gasteiger partial charge in [0.15, 0.2) is 5.69 Å². The standard InChI is InChI=1S/C18H21ClN4O2/c1-2-21-9-13-15(25-10-11-3-4-11)6-5-14(19)16(13)12-7-8-22-23-17(12)18(20)24/h5-8,11,21H,2-4,9-10H2,1H3,(H2,20,24). The Balaban J connectivity index is 2.09. The Labute approximate surface area is 151 Å². The summed E-state index contributed by atoms with van der Waals surface area (Å²) in [5, 5.41) is 11.5. The lowest BCUT2D eigenvalue weighted by molar-refractivity contribution is 0.0995. The number of primary amides is 1. The number of halogens is 1. The molecule has 25 heavy (non-hydrogen) atoms. The van der Waals surface area contributed by atoms with Crippen LogP contribution in [-0.4, -0.2) is 29.3 Å². The number of rotatable bonds is 8. The minimum atomic E-state index is -0.641. The van der Waals surface area contributed by atoms with Crippen molar-refractivity contribution >= 4 is 17.5 Å². The largest absolute Gasteiger partial charge is 0.493 e. The van der Waals surface area contributed by atoms with Crippen LogP contribution >= 0.6 is 11.6 Å². The third-order valence-corrected chi connectivity index (χ3v) is 4.48. The molecule has 6 nitrogen and oxygen atoms in total. The van der Waals surface area contributed by atoms with Crippen LogP contribution in [0.3, 0.4) is 0 Å². The number of carbonyl (C=O) groups excluding carboxylic acids is 1. The van der Waals surface area contributed by atoms with Crippen molar-refractivity contribution in [1.29, 1.82) is 0 Å². The van der Waals surface area contributed by atoms with Gasteiger partial charge in [-0.3, -0.25) is 4.79 Å². The maximum absolute atomic E-state index is 11.8. The van der Waals surface area contributed by atoms with Crippen molar-refractivity contribution in [2.75, 3.05) is 13.2 Å². The van der Waals surface area contributed by atoms with Crippen LogP contribution in [-0.2, 0) is 6.54 Å². The number of nitrogens with two attached hydrogens (primary N) is 1. The molecule has 2 aromatic rings. The van der Waals surface area contributed by atoms with Crippen molar-refractivity contribution in [1.82, 2.24) is 15.5 Å². The van der Waals surface area contributed by atoms with E-state index in [-0.39, 0.29) is 5.69 Å². The van der Waals surface area contributed by atoms with Gasteiger partial charge in [-0.25, -0.2) is 0 Å². The number of carbonyl (C=O) groups is 1. The molecule has 1 aromatic heterocycles. The molecular weight excluding hydrogens is 340 g/mol. The van der Waals surface area contributed by atoms with E-state index >= 15 is 0 Å². The number of hydrogen-bond donors (Lipinski definition) is 2. The molecule has 3 N–H and O–H groups in total. The predicted molar refractivity (Wildman–Crippen MR) is 96.6 cm³/mol. The summed E-state index contributed by atoms with van der Waals surface area (Å²) in [5.41, 5.74) is 7.73. The molecule has 1 saturated carbocycles. The van der Waals surface area contributed by atoms with Gasteiger partial charge in [0.05, 0.1) is 12.8 Å². The Morgan fingerprint density at radius 3 is 2.88 bits per heavy atom. The Morgan fingerprint density at radius 1 is 1.40 bits per heavy atom. The van der Waals surface area contributed by atoms with Crippen molar-refractivity contribution in [3.63, 3.8) is 0 Å². The molecule has 0 atom stereocenters. The fraction of sp³-hybridized carbons (Fsp3) is 0.389. The number of hydrogen-bond acceptors (Lipinski definition) is 5. The highest BCUT2D eigenvalue weighted by Gasteiger charge is 2.24. The van der Waals surface area contributed by atoms with E-state index in [1.54, 1.807) is 12.1 Å². The first-order valence-corrected chi connectivity index (χ1v) is 8.76. The van der Waals surface area contributed by atoms with Gasteiger partial charge in [0.25, 0.3) is 5.91 Å². The van der Waals surface area contributed by atoms with Crippen molar-refractivity contribution in [2.24, 2.45) is 11.7 Å². The summed E-state index contributed by atoms with van der Waals surface area (Å²) >= 11 is 6.48. The first-order chi connectivity index (χ1) is 12.1. The number of benzene rings is 1. The number of aromatic nitrogens is 2. The lowest BCUT2D eigenvalue weighted by atomic mass is 9.97. The monoisotopic (exact) mass is 360 g/mol. The number of nitrogens with zero attached hydrogens (tertiary/aromatic N) is 2. The second-order valence-electron chi connectivity index (χ2n) is 6.09. The van der Waals surface area contributed by atoms with E-state index in [9.17, 15) is 4.79 Å². The second-order valence-corrected chi connectivity index (χ2v) is 6.50. The maximum atomic E-state index is 11.8. The molecule has 0 bridgehead atoms. The molecule has 0 spiro atoms. The lowest BCUT2D eigenvalue weighted by Gasteiger charge is -2.18. The topological polar surface area (TPSA) is 90.1 Å². The normalized spacial score (nSPS) is 13.7. The molecule has 1 amide bonds. The summed E-state index contributed by atoms with van der Waals surface area (Å²) in [6, 6.07) is 5.35. The third-order valence-electron chi connectivity index (χ3n) is 4.17. The van der Waals surface area contributed by atoms with Gasteiger partial charge in [-0.15, -0.1) is 5.10 Å². The smallest absolute Gasteiger partial charge is 0.269 e. The van der Waals surface area contributed by atoms with Crippen LogP contribution in [0.25, 0.3) is 11.1 Å². The molecule has 1 fully saturated rings. The number of amides is 1. The SMILES string of the molecule is CCNCc1c(OCC2CC2)ccc(Cl)c1-c1ccnnc1C(N)=O. The minimum absolute atomic E-state index is 0.0986. The molecular formula is C18H21ClN4O2. The zero-order valence-corrected chi connectivity index (χ0v) is 14.8. The van der Waals surface area contributed by atoms with E-state index in [4.69, 9.17) is 22.1 Å². The van der Waals surface area contributed by atoms with E-state index in [0.29, 0.717) is 35.2 Å². The highest BCUT2D eigenvalue weighted by atomic mass is 35.5. The van der Waals surface area contributed by atoms with Crippen LogP contribution < -0.4 is 15.8 Å². The molecule has 0 aliphatic heterocycles. The summed E-state index contributed by atoms with van der Waals surface area (Å²) in [4.78, 5) is 11.8. The van der Waals surface area contributed by atoms with Gasteiger partial charge in [-0.2, -0.15) is 5.10 Å². The fourth-order valence-corrected chi connectivity index (χ4v) is 2.94. The summed E-state index contributed by atoms with van der Waals surface area (Å²) in [6.45, 7) is 4.08. The summed E-state index contributed by atoms with van der Waals surface area (Å²) < 4.78 is 6.02. The van der Waals surface area contributed by atoms with E-state index in [1.165, 1.54) is 19.0 Å². The molecule has 1 aliphatic carbocycles. The molecule has 1 heterocycles. The van der Waals surface area contributed by atoms with Gasteiger partial charge in [-0.05, 0) is 43.5 Å². The van der Waals surface area contributed by atoms with Crippen LogP contribution in [0.4, 0.5) is 0 Å². The first-order valence-electron chi connectivity index (χ1n) is 8.38. The van der Waals surface area contributed by atoms with Crippen molar-refractivity contribution in [3.8, 4) is 16.9 Å². The highest BCUT2D eigenvalue weighted by Crippen LogP contribution is 2.39. The zero-order chi connectivity index (χ0) is 17.8. The zero-order valence-electron chi connectivity index (χ0n) is 14.1. The average molecular weight is 361 g/mol. The van der Waals surface area contributed by atoms with Gasteiger partial charge in [0.1, 0.15) is 5.75 Å². The summed E-state index contributed by atoms with van der Waals surface area (Å²) in [5.74, 6) is 0.757. The Kier molecular flexibility index (Phi) is 5.50.